The topological polar surface area (TPSA) is 87.5 Å². The van der Waals surface area contributed by atoms with Crippen molar-refractivity contribution in [3.05, 3.63) is 84.2 Å². The van der Waals surface area contributed by atoms with Gasteiger partial charge in [0.05, 0.1) is 25.0 Å². The highest BCUT2D eigenvalue weighted by molar-refractivity contribution is 6.04. The van der Waals surface area contributed by atoms with E-state index in [9.17, 15) is 9.18 Å². The maximum atomic E-state index is 14.5. The first-order chi connectivity index (χ1) is 16.6. The summed E-state index contributed by atoms with van der Waals surface area (Å²) < 4.78 is 31.7. The van der Waals surface area contributed by atoms with E-state index < -0.39 is 5.82 Å². The summed E-state index contributed by atoms with van der Waals surface area (Å²) in [6.07, 6.45) is 0. The van der Waals surface area contributed by atoms with E-state index in [4.69, 9.17) is 14.2 Å². The zero-order valence-electron chi connectivity index (χ0n) is 18.7. The van der Waals surface area contributed by atoms with Crippen molar-refractivity contribution in [1.82, 2.24) is 14.8 Å². The molecule has 34 heavy (non-hydrogen) atoms. The third-order valence-electron chi connectivity index (χ3n) is 4.92. The molecule has 1 heterocycles. The second-order valence-corrected chi connectivity index (χ2v) is 7.18. The van der Waals surface area contributed by atoms with Crippen LogP contribution in [0.1, 0.15) is 10.4 Å². The zero-order valence-corrected chi connectivity index (χ0v) is 18.7. The number of carbonyl (C=O) groups excluding carboxylic acids is 1. The molecule has 1 N–H and O–H groups in total. The molecule has 3 aromatic carbocycles. The van der Waals surface area contributed by atoms with Gasteiger partial charge >= 0.3 is 6.01 Å². The van der Waals surface area contributed by atoms with Crippen LogP contribution in [0.15, 0.2) is 72.8 Å². The van der Waals surface area contributed by atoms with Gasteiger partial charge in [-0.05, 0) is 54.6 Å². The fourth-order valence-electron chi connectivity index (χ4n) is 3.22. The summed E-state index contributed by atoms with van der Waals surface area (Å²) in [4.78, 5) is 16.9. The lowest BCUT2D eigenvalue weighted by atomic mass is 10.2. The molecule has 0 bridgehead atoms. The largest absolute Gasteiger partial charge is 0.497 e. The van der Waals surface area contributed by atoms with Crippen LogP contribution in [-0.4, -0.2) is 48.1 Å². The zero-order chi connectivity index (χ0) is 23.9. The number of rotatable bonds is 9. The Morgan fingerprint density at radius 3 is 2.53 bits per heavy atom. The minimum Gasteiger partial charge on any atom is -0.497 e. The molecule has 1 amide bonds. The second-order valence-electron chi connectivity index (χ2n) is 7.18. The monoisotopic (exact) mass is 462 g/mol. The average molecular weight is 462 g/mol. The van der Waals surface area contributed by atoms with Gasteiger partial charge in [-0.15, -0.1) is 5.10 Å². The normalized spacial score (nSPS) is 10.7. The van der Waals surface area contributed by atoms with Crippen LogP contribution in [0.5, 0.6) is 11.8 Å². The Morgan fingerprint density at radius 1 is 1.00 bits per heavy atom. The number of ether oxygens (including phenoxy) is 3. The highest BCUT2D eigenvalue weighted by Gasteiger charge is 2.18. The number of benzene rings is 3. The third-order valence-corrected chi connectivity index (χ3v) is 4.92. The number of amides is 1. The van der Waals surface area contributed by atoms with Gasteiger partial charge in [-0.3, -0.25) is 4.79 Å². The van der Waals surface area contributed by atoms with Gasteiger partial charge in [0.25, 0.3) is 5.91 Å². The molecule has 9 heteroatoms. The van der Waals surface area contributed by atoms with Gasteiger partial charge in [-0.2, -0.15) is 4.98 Å². The maximum Gasteiger partial charge on any atom is 0.336 e. The van der Waals surface area contributed by atoms with Crippen molar-refractivity contribution >= 4 is 11.6 Å². The molecule has 174 valence electrons. The van der Waals surface area contributed by atoms with E-state index in [1.54, 1.807) is 80.9 Å². The summed E-state index contributed by atoms with van der Waals surface area (Å²) in [7, 11) is 3.11. The smallest absolute Gasteiger partial charge is 0.336 e. The van der Waals surface area contributed by atoms with Crippen molar-refractivity contribution < 1.29 is 23.4 Å². The Kier molecular flexibility index (Phi) is 7.14. The van der Waals surface area contributed by atoms with E-state index in [-0.39, 0.29) is 24.1 Å². The summed E-state index contributed by atoms with van der Waals surface area (Å²) in [5.41, 5.74) is 1.96. The number of halogens is 1. The Balaban J connectivity index is 1.59. The lowest BCUT2D eigenvalue weighted by Gasteiger charge is -2.09. The van der Waals surface area contributed by atoms with Gasteiger partial charge in [-0.25, -0.2) is 9.07 Å². The van der Waals surface area contributed by atoms with Crippen LogP contribution in [0, 0.1) is 5.82 Å². The molecule has 0 atom stereocenters. The average Bonchev–Trinajstić information content (AvgIpc) is 3.29. The molecule has 4 aromatic rings. The molecule has 0 aliphatic rings. The standard InChI is InChI=1S/C25H23FN4O4/c1-32-14-15-34-25-28-23(21-8-3-4-9-22(21)26)30(29-25)19-12-10-18(11-13-19)27-24(31)17-6-5-7-20(16-17)33-2/h3-13,16H,14-15H2,1-2H3,(H,27,31). The Hall–Kier alpha value is -4.24. The van der Waals surface area contributed by atoms with Crippen LogP contribution in [0.2, 0.25) is 0 Å². The number of nitrogens with one attached hydrogen (secondary N) is 1. The van der Waals surface area contributed by atoms with E-state index in [0.717, 1.165) is 0 Å². The van der Waals surface area contributed by atoms with E-state index in [2.05, 4.69) is 15.4 Å². The van der Waals surface area contributed by atoms with Gasteiger partial charge in [-0.1, -0.05) is 18.2 Å². The molecule has 0 unspecified atom stereocenters. The molecule has 1 aromatic heterocycles. The van der Waals surface area contributed by atoms with Gasteiger partial charge in [0.1, 0.15) is 18.2 Å². The molecule has 8 nitrogen and oxygen atoms in total. The highest BCUT2D eigenvalue weighted by Crippen LogP contribution is 2.26. The molecular formula is C25H23FN4O4. The first-order valence-corrected chi connectivity index (χ1v) is 10.5. The van der Waals surface area contributed by atoms with Crippen LogP contribution < -0.4 is 14.8 Å². The minimum absolute atomic E-state index is 0.103. The summed E-state index contributed by atoms with van der Waals surface area (Å²) >= 11 is 0. The predicted molar refractivity (Wildman–Crippen MR) is 125 cm³/mol. The van der Waals surface area contributed by atoms with Gasteiger partial charge < -0.3 is 19.5 Å². The summed E-state index contributed by atoms with van der Waals surface area (Å²) in [6.45, 7) is 0.623. The van der Waals surface area contributed by atoms with Crippen LogP contribution in [0.25, 0.3) is 17.1 Å². The van der Waals surface area contributed by atoms with E-state index >= 15 is 0 Å². The maximum absolute atomic E-state index is 14.5. The molecule has 0 spiro atoms. The van der Waals surface area contributed by atoms with Crippen molar-refractivity contribution in [3.63, 3.8) is 0 Å². The van der Waals surface area contributed by atoms with Crippen LogP contribution in [0.4, 0.5) is 10.1 Å². The highest BCUT2D eigenvalue weighted by atomic mass is 19.1. The summed E-state index contributed by atoms with van der Waals surface area (Å²) in [5.74, 6) is 0.187. The molecule has 0 aliphatic heterocycles. The van der Waals surface area contributed by atoms with Crippen molar-refractivity contribution in [2.75, 3.05) is 32.8 Å². The van der Waals surface area contributed by atoms with Crippen molar-refractivity contribution in [2.24, 2.45) is 0 Å². The number of methoxy groups -OCH3 is 2. The van der Waals surface area contributed by atoms with E-state index in [1.807, 2.05) is 0 Å². The third kappa shape index (κ3) is 5.21. The Morgan fingerprint density at radius 2 is 1.79 bits per heavy atom. The lowest BCUT2D eigenvalue weighted by Crippen LogP contribution is -2.12. The minimum atomic E-state index is -0.429. The number of hydrogen-bond acceptors (Lipinski definition) is 6. The Labute approximate surface area is 195 Å². The van der Waals surface area contributed by atoms with Gasteiger partial charge in [0.15, 0.2) is 5.82 Å². The second kappa shape index (κ2) is 10.6. The number of aromatic nitrogens is 3. The van der Waals surface area contributed by atoms with Crippen LogP contribution >= 0.6 is 0 Å². The quantitative estimate of drug-likeness (QED) is 0.372. The Bertz CT molecular complexity index is 1270. The summed E-state index contributed by atoms with van der Waals surface area (Å²) in [5, 5.41) is 7.23. The number of hydrogen-bond donors (Lipinski definition) is 1. The number of anilines is 1. The fraction of sp³-hybridized carbons (Fsp3) is 0.160. The molecular weight excluding hydrogens is 439 g/mol. The molecule has 0 aliphatic carbocycles. The van der Waals surface area contributed by atoms with Crippen molar-refractivity contribution in [2.45, 2.75) is 0 Å². The van der Waals surface area contributed by atoms with Gasteiger partial charge in [0, 0.05) is 18.4 Å². The van der Waals surface area contributed by atoms with Crippen molar-refractivity contribution in [3.8, 4) is 28.8 Å². The molecule has 0 saturated carbocycles. The van der Waals surface area contributed by atoms with Crippen LogP contribution in [0.3, 0.4) is 0 Å². The first kappa shape index (κ1) is 22.9. The number of nitrogens with zero attached hydrogens (tertiary/aromatic N) is 3. The van der Waals surface area contributed by atoms with Crippen LogP contribution in [-0.2, 0) is 4.74 Å². The SMILES string of the molecule is COCCOc1nc(-c2ccccc2F)n(-c2ccc(NC(=O)c3cccc(OC)c3)cc2)n1. The van der Waals surface area contributed by atoms with Crippen molar-refractivity contribution in [1.29, 1.82) is 0 Å². The fourth-order valence-corrected chi connectivity index (χ4v) is 3.22. The van der Waals surface area contributed by atoms with E-state index in [1.165, 1.54) is 10.7 Å². The molecule has 4 rings (SSSR count). The first-order valence-electron chi connectivity index (χ1n) is 10.5. The number of carbonyl (C=O) groups is 1. The lowest BCUT2D eigenvalue weighted by molar-refractivity contribution is 0.102. The predicted octanol–water partition coefficient (Wildman–Crippen LogP) is 4.36. The summed E-state index contributed by atoms with van der Waals surface area (Å²) in [6, 6.07) is 20.2. The molecule has 0 radical (unpaired) electrons. The molecule has 0 fully saturated rings. The van der Waals surface area contributed by atoms with E-state index in [0.29, 0.717) is 35.1 Å². The molecule has 0 saturated heterocycles. The van der Waals surface area contributed by atoms with Gasteiger partial charge in [0.2, 0.25) is 0 Å².